The van der Waals surface area contributed by atoms with Crippen LogP contribution in [0.15, 0.2) is 59.5 Å². The van der Waals surface area contributed by atoms with Crippen molar-refractivity contribution in [2.75, 3.05) is 4.90 Å². The number of hydrogen-bond acceptors (Lipinski definition) is 4. The number of nitrogens with zero attached hydrogens (tertiary/aromatic N) is 1. The van der Waals surface area contributed by atoms with E-state index in [1.807, 2.05) is 67.6 Å². The lowest BCUT2D eigenvalue weighted by molar-refractivity contribution is -0.113. The van der Waals surface area contributed by atoms with Crippen LogP contribution in [0.4, 0.5) is 5.69 Å². The van der Waals surface area contributed by atoms with Crippen molar-refractivity contribution in [2.45, 2.75) is 26.4 Å². The summed E-state index contributed by atoms with van der Waals surface area (Å²) in [5.41, 5.74) is 1.75. The number of amides is 1. The molecule has 2 aromatic rings. The van der Waals surface area contributed by atoms with Crippen LogP contribution in [-0.2, 0) is 4.79 Å². The van der Waals surface area contributed by atoms with Gasteiger partial charge in [0.15, 0.2) is 4.32 Å². The number of benzene rings is 2. The number of thiocarbonyl (C=S) groups is 1. The number of carbonyl (C=O) groups is 1. The minimum atomic E-state index is -0.0823. The summed E-state index contributed by atoms with van der Waals surface area (Å²) in [6.07, 6.45) is 3.02. The highest BCUT2D eigenvalue weighted by Crippen LogP contribution is 2.36. The van der Waals surface area contributed by atoms with Gasteiger partial charge in [0, 0.05) is 0 Å². The number of carbonyl (C=O) groups excluding carboxylic acids is 1. The fourth-order valence-electron chi connectivity index (χ4n) is 2.38. The molecule has 1 aliphatic heterocycles. The van der Waals surface area contributed by atoms with Gasteiger partial charge in [-0.1, -0.05) is 61.2 Å². The van der Waals surface area contributed by atoms with Crippen LogP contribution in [0.3, 0.4) is 0 Å². The predicted octanol–water partition coefficient (Wildman–Crippen LogP) is 5.27. The summed E-state index contributed by atoms with van der Waals surface area (Å²) in [4.78, 5) is 14.9. The SMILES string of the molecule is CC[C@H](C)Oc1ccc(/C=C2/SC(=S)N(c3ccccc3)C2=O)cc1. The van der Waals surface area contributed by atoms with Crippen molar-refractivity contribution in [1.82, 2.24) is 0 Å². The van der Waals surface area contributed by atoms with Crippen LogP contribution in [0, 0.1) is 0 Å². The average molecular weight is 370 g/mol. The van der Waals surface area contributed by atoms with Gasteiger partial charge < -0.3 is 4.74 Å². The highest BCUT2D eigenvalue weighted by atomic mass is 32.2. The third kappa shape index (κ3) is 4.11. The molecule has 5 heteroatoms. The van der Waals surface area contributed by atoms with Crippen molar-refractivity contribution < 1.29 is 9.53 Å². The molecule has 3 rings (SSSR count). The lowest BCUT2D eigenvalue weighted by Gasteiger charge is -2.13. The maximum atomic E-state index is 12.7. The van der Waals surface area contributed by atoms with Gasteiger partial charge in [0.2, 0.25) is 0 Å². The molecule has 1 atom stereocenters. The summed E-state index contributed by atoms with van der Waals surface area (Å²) in [6.45, 7) is 4.14. The van der Waals surface area contributed by atoms with Gasteiger partial charge in [-0.2, -0.15) is 0 Å². The molecule has 0 saturated carbocycles. The summed E-state index contributed by atoms with van der Waals surface area (Å²) in [7, 11) is 0. The van der Waals surface area contributed by atoms with Crippen molar-refractivity contribution >= 4 is 46.0 Å². The normalized spacial score (nSPS) is 17.2. The van der Waals surface area contributed by atoms with Crippen LogP contribution >= 0.6 is 24.0 Å². The molecule has 1 aliphatic rings. The second-order valence-electron chi connectivity index (χ2n) is 5.76. The monoisotopic (exact) mass is 369 g/mol. The summed E-state index contributed by atoms with van der Waals surface area (Å²) in [6, 6.07) is 17.2. The van der Waals surface area contributed by atoms with E-state index in [0.29, 0.717) is 9.23 Å². The number of hydrogen-bond donors (Lipinski definition) is 0. The molecular formula is C20H19NO2S2. The zero-order chi connectivity index (χ0) is 17.8. The topological polar surface area (TPSA) is 29.5 Å². The van der Waals surface area contributed by atoms with Crippen LogP contribution in [0.25, 0.3) is 6.08 Å². The molecule has 25 heavy (non-hydrogen) atoms. The number of anilines is 1. The van der Waals surface area contributed by atoms with Gasteiger partial charge in [-0.3, -0.25) is 9.69 Å². The van der Waals surface area contributed by atoms with Crippen LogP contribution in [0.1, 0.15) is 25.8 Å². The van der Waals surface area contributed by atoms with Crippen molar-refractivity contribution in [3.63, 3.8) is 0 Å². The number of rotatable bonds is 5. The summed E-state index contributed by atoms with van der Waals surface area (Å²) in [5, 5.41) is 0. The zero-order valence-corrected chi connectivity index (χ0v) is 15.8. The quantitative estimate of drug-likeness (QED) is 0.530. The first-order valence-electron chi connectivity index (χ1n) is 8.18. The molecule has 0 N–H and O–H groups in total. The summed E-state index contributed by atoms with van der Waals surface area (Å²) in [5.74, 6) is 0.754. The Balaban J connectivity index is 1.78. The molecular weight excluding hydrogens is 350 g/mol. The lowest BCUT2D eigenvalue weighted by atomic mass is 10.2. The average Bonchev–Trinajstić information content (AvgIpc) is 2.90. The first kappa shape index (κ1) is 17.7. The number of thioether (sulfide) groups is 1. The molecule has 2 aromatic carbocycles. The van der Waals surface area contributed by atoms with E-state index in [0.717, 1.165) is 23.4 Å². The standard InChI is InChI=1S/C20H19NO2S2/c1-3-14(2)23-17-11-9-15(10-12-17)13-18-19(22)21(20(24)25-18)16-7-5-4-6-8-16/h4-14H,3H2,1-2H3/b18-13+/t14-/m0/s1. The van der Waals surface area contributed by atoms with E-state index in [1.165, 1.54) is 11.8 Å². The Labute approximate surface area is 157 Å². The van der Waals surface area contributed by atoms with Gasteiger partial charge in [-0.25, -0.2) is 0 Å². The smallest absolute Gasteiger partial charge is 0.270 e. The molecule has 0 aromatic heterocycles. The van der Waals surface area contributed by atoms with Crippen molar-refractivity contribution in [3.05, 3.63) is 65.1 Å². The van der Waals surface area contributed by atoms with Crippen LogP contribution < -0.4 is 9.64 Å². The maximum Gasteiger partial charge on any atom is 0.270 e. The minimum Gasteiger partial charge on any atom is -0.491 e. The lowest BCUT2D eigenvalue weighted by Crippen LogP contribution is -2.27. The molecule has 3 nitrogen and oxygen atoms in total. The number of ether oxygens (including phenoxy) is 1. The Morgan fingerprint density at radius 2 is 1.84 bits per heavy atom. The Hall–Kier alpha value is -2.11. The van der Waals surface area contributed by atoms with Gasteiger partial charge in [0.05, 0.1) is 16.7 Å². The Kier molecular flexibility index (Phi) is 5.56. The molecule has 1 amide bonds. The number of para-hydroxylation sites is 1. The highest BCUT2D eigenvalue weighted by Gasteiger charge is 2.33. The van der Waals surface area contributed by atoms with E-state index >= 15 is 0 Å². The summed E-state index contributed by atoms with van der Waals surface area (Å²) < 4.78 is 6.33. The van der Waals surface area contributed by atoms with Crippen molar-refractivity contribution in [1.29, 1.82) is 0 Å². The van der Waals surface area contributed by atoms with Gasteiger partial charge >= 0.3 is 0 Å². The van der Waals surface area contributed by atoms with Gasteiger partial charge in [-0.05, 0) is 49.2 Å². The van der Waals surface area contributed by atoms with E-state index in [-0.39, 0.29) is 12.0 Å². The van der Waals surface area contributed by atoms with E-state index < -0.39 is 0 Å². The molecule has 128 valence electrons. The zero-order valence-electron chi connectivity index (χ0n) is 14.1. The third-order valence-electron chi connectivity index (χ3n) is 3.90. The largest absolute Gasteiger partial charge is 0.491 e. The van der Waals surface area contributed by atoms with Crippen molar-refractivity contribution in [2.24, 2.45) is 0 Å². The molecule has 1 fully saturated rings. The van der Waals surface area contributed by atoms with Crippen LogP contribution in [-0.4, -0.2) is 16.3 Å². The highest BCUT2D eigenvalue weighted by molar-refractivity contribution is 8.27. The predicted molar refractivity (Wildman–Crippen MR) is 109 cm³/mol. The van der Waals surface area contributed by atoms with E-state index in [2.05, 4.69) is 6.92 Å². The molecule has 0 unspecified atom stereocenters. The minimum absolute atomic E-state index is 0.0823. The second-order valence-corrected chi connectivity index (χ2v) is 7.43. The van der Waals surface area contributed by atoms with E-state index in [9.17, 15) is 4.79 Å². The van der Waals surface area contributed by atoms with Crippen LogP contribution in [0.2, 0.25) is 0 Å². The van der Waals surface area contributed by atoms with Crippen LogP contribution in [0.5, 0.6) is 5.75 Å². The molecule has 0 bridgehead atoms. The fraction of sp³-hybridized carbons (Fsp3) is 0.200. The second kappa shape index (κ2) is 7.85. The van der Waals surface area contributed by atoms with Crippen molar-refractivity contribution in [3.8, 4) is 5.75 Å². The fourth-order valence-corrected chi connectivity index (χ4v) is 3.68. The maximum absolute atomic E-state index is 12.7. The van der Waals surface area contributed by atoms with E-state index in [1.54, 1.807) is 4.90 Å². The molecule has 1 saturated heterocycles. The summed E-state index contributed by atoms with van der Waals surface area (Å²) >= 11 is 6.71. The van der Waals surface area contributed by atoms with Gasteiger partial charge in [-0.15, -0.1) is 0 Å². The van der Waals surface area contributed by atoms with Gasteiger partial charge in [0.25, 0.3) is 5.91 Å². The first-order chi connectivity index (χ1) is 12.1. The first-order valence-corrected chi connectivity index (χ1v) is 9.40. The van der Waals surface area contributed by atoms with Gasteiger partial charge in [0.1, 0.15) is 5.75 Å². The molecule has 0 radical (unpaired) electrons. The Morgan fingerprint density at radius 1 is 1.16 bits per heavy atom. The Bertz CT molecular complexity index is 800. The third-order valence-corrected chi connectivity index (χ3v) is 5.20. The van der Waals surface area contributed by atoms with E-state index in [4.69, 9.17) is 17.0 Å². The molecule has 0 aliphatic carbocycles. The molecule has 0 spiro atoms. The molecule has 1 heterocycles. The Morgan fingerprint density at radius 3 is 2.48 bits per heavy atom.